The van der Waals surface area contributed by atoms with Crippen molar-refractivity contribution in [2.45, 2.75) is 20.3 Å². The molecule has 3 rings (SSSR count). The molecule has 1 aromatic heterocycles. The van der Waals surface area contributed by atoms with Crippen LogP contribution < -0.4 is 15.6 Å². The van der Waals surface area contributed by atoms with Crippen molar-refractivity contribution in [3.63, 3.8) is 0 Å². The number of benzene rings is 2. The maximum absolute atomic E-state index is 12.3. The standard InChI is InChI=1S/C22H21N5O3/c1-15-20(16(2)27(26-15)18-6-4-3-5-7-18)12-21(28)24-25-22(29)14-30-19-10-8-17(13-23)9-11-19/h3-11H,12,14H2,1-2H3,(H,24,28)(H,25,29). The summed E-state index contributed by atoms with van der Waals surface area (Å²) in [5.74, 6) is -0.406. The normalized spacial score (nSPS) is 10.2. The van der Waals surface area contributed by atoms with Crippen molar-refractivity contribution >= 4 is 11.8 Å². The fraction of sp³-hybridized carbons (Fsp3) is 0.182. The van der Waals surface area contributed by atoms with Crippen molar-refractivity contribution in [3.05, 3.63) is 77.1 Å². The maximum atomic E-state index is 12.3. The number of hydrogen-bond acceptors (Lipinski definition) is 5. The van der Waals surface area contributed by atoms with Gasteiger partial charge >= 0.3 is 0 Å². The van der Waals surface area contributed by atoms with E-state index in [4.69, 9.17) is 10.00 Å². The molecule has 8 heteroatoms. The summed E-state index contributed by atoms with van der Waals surface area (Å²) in [5.41, 5.74) is 8.56. The van der Waals surface area contributed by atoms with E-state index in [-0.39, 0.29) is 18.9 Å². The molecule has 30 heavy (non-hydrogen) atoms. The van der Waals surface area contributed by atoms with Gasteiger partial charge in [-0.3, -0.25) is 20.4 Å². The average molecular weight is 403 g/mol. The van der Waals surface area contributed by atoms with Crippen molar-refractivity contribution in [1.29, 1.82) is 5.26 Å². The first-order valence-corrected chi connectivity index (χ1v) is 9.29. The second-order valence-electron chi connectivity index (χ2n) is 6.59. The van der Waals surface area contributed by atoms with Crippen LogP contribution in [0.15, 0.2) is 54.6 Å². The average Bonchev–Trinajstić information content (AvgIpc) is 3.05. The van der Waals surface area contributed by atoms with Crippen LogP contribution in [-0.4, -0.2) is 28.2 Å². The molecule has 0 bridgehead atoms. The highest BCUT2D eigenvalue weighted by molar-refractivity contribution is 5.84. The molecule has 0 fully saturated rings. The minimum atomic E-state index is -0.499. The number of amides is 2. The van der Waals surface area contributed by atoms with Crippen molar-refractivity contribution in [2.24, 2.45) is 0 Å². The van der Waals surface area contributed by atoms with Crippen LogP contribution in [0.25, 0.3) is 5.69 Å². The van der Waals surface area contributed by atoms with Gasteiger partial charge in [-0.1, -0.05) is 18.2 Å². The zero-order valence-corrected chi connectivity index (χ0v) is 16.7. The second-order valence-corrected chi connectivity index (χ2v) is 6.59. The van der Waals surface area contributed by atoms with Crippen LogP contribution in [0.5, 0.6) is 5.75 Å². The molecule has 0 saturated carbocycles. The lowest BCUT2D eigenvalue weighted by Gasteiger charge is -2.09. The van der Waals surface area contributed by atoms with Crippen LogP contribution in [0.2, 0.25) is 0 Å². The highest BCUT2D eigenvalue weighted by atomic mass is 16.5. The van der Waals surface area contributed by atoms with E-state index in [0.717, 1.165) is 22.6 Å². The summed E-state index contributed by atoms with van der Waals surface area (Å²) >= 11 is 0. The van der Waals surface area contributed by atoms with Gasteiger partial charge in [-0.2, -0.15) is 10.4 Å². The zero-order valence-electron chi connectivity index (χ0n) is 16.7. The highest BCUT2D eigenvalue weighted by Gasteiger charge is 2.16. The van der Waals surface area contributed by atoms with E-state index in [0.29, 0.717) is 11.3 Å². The number of hydrazine groups is 1. The number of para-hydroxylation sites is 1. The largest absolute Gasteiger partial charge is 0.484 e. The van der Waals surface area contributed by atoms with Gasteiger partial charge in [0.15, 0.2) is 6.61 Å². The van der Waals surface area contributed by atoms with Crippen LogP contribution in [0.1, 0.15) is 22.5 Å². The van der Waals surface area contributed by atoms with Crippen molar-refractivity contribution in [3.8, 4) is 17.5 Å². The number of nitriles is 1. The van der Waals surface area contributed by atoms with E-state index >= 15 is 0 Å². The summed E-state index contributed by atoms with van der Waals surface area (Å²) in [7, 11) is 0. The highest BCUT2D eigenvalue weighted by Crippen LogP contribution is 2.18. The number of nitrogens with zero attached hydrogens (tertiary/aromatic N) is 3. The molecule has 0 spiro atoms. The smallest absolute Gasteiger partial charge is 0.276 e. The Bertz CT molecular complexity index is 1080. The molecule has 0 atom stereocenters. The molecular formula is C22H21N5O3. The molecule has 2 aromatic carbocycles. The topological polar surface area (TPSA) is 109 Å². The molecular weight excluding hydrogens is 382 g/mol. The third-order valence-corrected chi connectivity index (χ3v) is 4.47. The van der Waals surface area contributed by atoms with Gasteiger partial charge in [-0.15, -0.1) is 0 Å². The Morgan fingerprint density at radius 3 is 2.37 bits per heavy atom. The van der Waals surface area contributed by atoms with E-state index in [1.807, 2.05) is 50.2 Å². The number of nitrogens with one attached hydrogen (secondary N) is 2. The van der Waals surface area contributed by atoms with Gasteiger partial charge in [0.1, 0.15) is 5.75 Å². The molecule has 3 aromatic rings. The number of aryl methyl sites for hydroxylation is 1. The molecule has 0 aliphatic rings. The Labute approximate surface area is 174 Å². The van der Waals surface area contributed by atoms with Gasteiger partial charge in [0.25, 0.3) is 5.91 Å². The minimum Gasteiger partial charge on any atom is -0.484 e. The van der Waals surface area contributed by atoms with Gasteiger partial charge in [0.2, 0.25) is 5.91 Å². The number of hydrogen-bond donors (Lipinski definition) is 2. The Balaban J connectivity index is 1.51. The van der Waals surface area contributed by atoms with Gasteiger partial charge in [-0.25, -0.2) is 4.68 Å². The zero-order chi connectivity index (χ0) is 21.5. The first-order chi connectivity index (χ1) is 14.5. The number of carbonyl (C=O) groups excluding carboxylic acids is 2. The van der Waals surface area contributed by atoms with E-state index < -0.39 is 5.91 Å². The molecule has 0 aliphatic heterocycles. The minimum absolute atomic E-state index is 0.0846. The molecule has 0 aliphatic carbocycles. The predicted molar refractivity (Wildman–Crippen MR) is 110 cm³/mol. The second kappa shape index (κ2) is 9.39. The molecule has 0 unspecified atom stereocenters. The third kappa shape index (κ3) is 5.02. The van der Waals surface area contributed by atoms with Crippen LogP contribution in [0, 0.1) is 25.2 Å². The monoisotopic (exact) mass is 403 g/mol. The lowest BCUT2D eigenvalue weighted by atomic mass is 10.1. The van der Waals surface area contributed by atoms with Crippen molar-refractivity contribution in [1.82, 2.24) is 20.6 Å². The van der Waals surface area contributed by atoms with Crippen LogP contribution in [0.4, 0.5) is 0 Å². The van der Waals surface area contributed by atoms with Gasteiger partial charge in [-0.05, 0) is 50.2 Å². The number of ether oxygens (including phenoxy) is 1. The summed E-state index contributed by atoms with van der Waals surface area (Å²) in [5, 5.41) is 13.3. The summed E-state index contributed by atoms with van der Waals surface area (Å²) in [6.07, 6.45) is 0.0846. The van der Waals surface area contributed by atoms with Gasteiger partial charge < -0.3 is 4.74 Å². The molecule has 0 radical (unpaired) electrons. The third-order valence-electron chi connectivity index (χ3n) is 4.47. The molecule has 0 saturated heterocycles. The Hall–Kier alpha value is -4.12. The van der Waals surface area contributed by atoms with Crippen LogP contribution in [-0.2, 0) is 16.0 Å². The van der Waals surface area contributed by atoms with Crippen molar-refractivity contribution in [2.75, 3.05) is 6.61 Å². The van der Waals surface area contributed by atoms with E-state index in [1.54, 1.807) is 28.9 Å². The fourth-order valence-corrected chi connectivity index (χ4v) is 2.91. The van der Waals surface area contributed by atoms with E-state index in [2.05, 4.69) is 16.0 Å². The molecule has 152 valence electrons. The summed E-state index contributed by atoms with van der Waals surface area (Å²) < 4.78 is 7.12. The van der Waals surface area contributed by atoms with E-state index in [1.165, 1.54) is 0 Å². The Morgan fingerprint density at radius 1 is 1.03 bits per heavy atom. The lowest BCUT2D eigenvalue weighted by Crippen LogP contribution is -2.44. The van der Waals surface area contributed by atoms with Crippen LogP contribution >= 0.6 is 0 Å². The Morgan fingerprint density at radius 2 is 1.70 bits per heavy atom. The first kappa shape index (κ1) is 20.6. The number of rotatable bonds is 6. The maximum Gasteiger partial charge on any atom is 0.276 e. The summed E-state index contributed by atoms with van der Waals surface area (Å²) in [4.78, 5) is 24.2. The molecule has 2 N–H and O–H groups in total. The van der Waals surface area contributed by atoms with E-state index in [9.17, 15) is 9.59 Å². The van der Waals surface area contributed by atoms with Gasteiger partial charge in [0.05, 0.1) is 29.4 Å². The SMILES string of the molecule is Cc1nn(-c2ccccc2)c(C)c1CC(=O)NNC(=O)COc1ccc(C#N)cc1. The van der Waals surface area contributed by atoms with Crippen molar-refractivity contribution < 1.29 is 14.3 Å². The molecule has 2 amide bonds. The van der Waals surface area contributed by atoms with Gasteiger partial charge in [0, 0.05) is 11.3 Å². The summed E-state index contributed by atoms with van der Waals surface area (Å²) in [6.45, 7) is 3.48. The predicted octanol–water partition coefficient (Wildman–Crippen LogP) is 2.13. The van der Waals surface area contributed by atoms with Crippen LogP contribution in [0.3, 0.4) is 0 Å². The number of carbonyl (C=O) groups is 2. The Kier molecular flexibility index (Phi) is 6.45. The first-order valence-electron chi connectivity index (χ1n) is 9.29. The molecule has 8 nitrogen and oxygen atoms in total. The molecule has 1 heterocycles. The summed E-state index contributed by atoms with van der Waals surface area (Å²) in [6, 6.07) is 18.0. The number of aromatic nitrogens is 2. The quantitative estimate of drug-likeness (QED) is 0.613. The fourth-order valence-electron chi connectivity index (χ4n) is 2.91. The lowest BCUT2D eigenvalue weighted by molar-refractivity contribution is -0.129.